The third-order valence-electron chi connectivity index (χ3n) is 4.92. The fourth-order valence-electron chi connectivity index (χ4n) is 3.68. The van der Waals surface area contributed by atoms with Crippen LogP contribution in [0.2, 0.25) is 0 Å². The van der Waals surface area contributed by atoms with E-state index in [-0.39, 0.29) is 6.04 Å². The highest BCUT2D eigenvalue weighted by atomic mass is 16.5. The smallest absolute Gasteiger partial charge is 0.141 e. The Kier molecular flexibility index (Phi) is 5.63. The van der Waals surface area contributed by atoms with Crippen molar-refractivity contribution in [2.24, 2.45) is 11.3 Å². The predicted molar refractivity (Wildman–Crippen MR) is 87.6 cm³/mol. The van der Waals surface area contributed by atoms with Crippen LogP contribution < -0.4 is 10.1 Å². The summed E-state index contributed by atoms with van der Waals surface area (Å²) in [6.45, 7) is 8.06. The van der Waals surface area contributed by atoms with Gasteiger partial charge < -0.3 is 10.1 Å². The highest BCUT2D eigenvalue weighted by molar-refractivity contribution is 5.30. The van der Waals surface area contributed by atoms with Crippen LogP contribution in [0.25, 0.3) is 0 Å². The Morgan fingerprint density at radius 3 is 2.90 bits per heavy atom. The maximum Gasteiger partial charge on any atom is 0.141 e. The van der Waals surface area contributed by atoms with E-state index in [9.17, 15) is 0 Å². The van der Waals surface area contributed by atoms with Gasteiger partial charge in [-0.15, -0.1) is 0 Å². The monoisotopic (exact) mass is 290 g/mol. The molecule has 1 heterocycles. The summed E-state index contributed by atoms with van der Waals surface area (Å²) in [4.78, 5) is 4.66. The highest BCUT2D eigenvalue weighted by Gasteiger charge is 2.39. The van der Waals surface area contributed by atoms with Crippen molar-refractivity contribution in [1.29, 1.82) is 0 Å². The average Bonchev–Trinajstić information content (AvgIpc) is 2.49. The van der Waals surface area contributed by atoms with Crippen molar-refractivity contribution in [1.82, 2.24) is 10.3 Å². The molecule has 0 saturated heterocycles. The second-order valence-electron chi connectivity index (χ2n) is 6.86. The van der Waals surface area contributed by atoms with Crippen molar-refractivity contribution in [2.45, 2.75) is 58.9 Å². The van der Waals surface area contributed by atoms with Gasteiger partial charge in [0, 0.05) is 6.20 Å². The zero-order valence-electron chi connectivity index (χ0n) is 14.0. The third kappa shape index (κ3) is 3.76. The minimum Gasteiger partial charge on any atom is -0.495 e. The number of hydrogen-bond donors (Lipinski definition) is 1. The van der Waals surface area contributed by atoms with E-state index in [1.165, 1.54) is 25.7 Å². The second kappa shape index (κ2) is 7.26. The van der Waals surface area contributed by atoms with Crippen LogP contribution in [0.4, 0.5) is 0 Å². The van der Waals surface area contributed by atoms with Crippen LogP contribution in [0.15, 0.2) is 18.3 Å². The number of nitrogens with one attached hydrogen (secondary N) is 1. The average molecular weight is 290 g/mol. The molecule has 0 bridgehead atoms. The summed E-state index contributed by atoms with van der Waals surface area (Å²) in [6, 6.07) is 4.26. The summed E-state index contributed by atoms with van der Waals surface area (Å²) >= 11 is 0. The normalized spacial score (nSPS) is 22.8. The Bertz CT molecular complexity index is 445. The molecule has 2 atom stereocenters. The zero-order valence-corrected chi connectivity index (χ0v) is 14.0. The molecule has 1 aromatic heterocycles. The SMILES string of the molecule is CCCNC(c1ncccc1OC)C1CCCCC1(C)C. The van der Waals surface area contributed by atoms with E-state index in [1.807, 2.05) is 18.3 Å². The number of pyridine rings is 1. The fourth-order valence-corrected chi connectivity index (χ4v) is 3.68. The van der Waals surface area contributed by atoms with Crippen LogP contribution in [-0.2, 0) is 0 Å². The maximum atomic E-state index is 5.56. The van der Waals surface area contributed by atoms with Crippen LogP contribution >= 0.6 is 0 Å². The molecule has 1 fully saturated rings. The molecule has 118 valence electrons. The summed E-state index contributed by atoms with van der Waals surface area (Å²) in [5, 5.41) is 3.74. The van der Waals surface area contributed by atoms with Gasteiger partial charge in [0.2, 0.25) is 0 Å². The van der Waals surface area contributed by atoms with Gasteiger partial charge in [-0.25, -0.2) is 0 Å². The lowest BCUT2D eigenvalue weighted by Gasteiger charge is -2.43. The minimum absolute atomic E-state index is 0.288. The molecular weight excluding hydrogens is 260 g/mol. The lowest BCUT2D eigenvalue weighted by Crippen LogP contribution is -2.40. The van der Waals surface area contributed by atoms with Crippen LogP contribution in [0.5, 0.6) is 5.75 Å². The molecule has 1 aromatic rings. The third-order valence-corrected chi connectivity index (χ3v) is 4.92. The van der Waals surface area contributed by atoms with E-state index < -0.39 is 0 Å². The molecule has 3 heteroatoms. The van der Waals surface area contributed by atoms with E-state index in [1.54, 1.807) is 7.11 Å². The standard InChI is InChI=1S/C18H30N2O/c1-5-12-19-16(14-9-6-7-11-18(14,2)3)17-15(21-4)10-8-13-20-17/h8,10,13-14,16,19H,5-7,9,11-12H2,1-4H3. The predicted octanol–water partition coefficient (Wildman–Crippen LogP) is 4.35. The quantitative estimate of drug-likeness (QED) is 0.846. The maximum absolute atomic E-state index is 5.56. The number of hydrogen-bond acceptors (Lipinski definition) is 3. The summed E-state index contributed by atoms with van der Waals surface area (Å²) in [6.07, 6.45) is 8.27. The Hall–Kier alpha value is -1.09. The molecule has 1 N–H and O–H groups in total. The molecule has 0 aliphatic heterocycles. The lowest BCUT2D eigenvalue weighted by molar-refractivity contribution is 0.0954. The summed E-state index contributed by atoms with van der Waals surface area (Å²) in [5.41, 5.74) is 1.43. The molecular formula is C18H30N2O. The molecule has 21 heavy (non-hydrogen) atoms. The molecule has 1 aliphatic rings. The van der Waals surface area contributed by atoms with Gasteiger partial charge in [0.25, 0.3) is 0 Å². The first-order chi connectivity index (χ1) is 10.1. The Labute approximate surface area is 129 Å². The van der Waals surface area contributed by atoms with Crippen molar-refractivity contribution in [3.8, 4) is 5.75 Å². The van der Waals surface area contributed by atoms with E-state index in [0.717, 1.165) is 24.4 Å². The Morgan fingerprint density at radius 2 is 2.24 bits per heavy atom. The van der Waals surface area contributed by atoms with Gasteiger partial charge in [0.1, 0.15) is 5.75 Å². The fraction of sp³-hybridized carbons (Fsp3) is 0.722. The van der Waals surface area contributed by atoms with Gasteiger partial charge in [-0.3, -0.25) is 4.98 Å². The molecule has 2 unspecified atom stereocenters. The van der Waals surface area contributed by atoms with E-state index >= 15 is 0 Å². The van der Waals surface area contributed by atoms with Crippen molar-refractivity contribution < 1.29 is 4.74 Å². The lowest BCUT2D eigenvalue weighted by atomic mass is 9.65. The molecule has 1 aliphatic carbocycles. The van der Waals surface area contributed by atoms with Crippen LogP contribution in [0.3, 0.4) is 0 Å². The Morgan fingerprint density at radius 1 is 1.43 bits per heavy atom. The number of rotatable bonds is 6. The summed E-state index contributed by atoms with van der Waals surface area (Å²) in [5.74, 6) is 1.52. The topological polar surface area (TPSA) is 34.2 Å². The van der Waals surface area contributed by atoms with Crippen LogP contribution in [0, 0.1) is 11.3 Å². The summed E-state index contributed by atoms with van der Waals surface area (Å²) < 4.78 is 5.56. The second-order valence-corrected chi connectivity index (χ2v) is 6.86. The first kappa shape index (κ1) is 16.3. The molecule has 0 aromatic carbocycles. The number of aromatic nitrogens is 1. The van der Waals surface area contributed by atoms with E-state index in [2.05, 4.69) is 31.1 Å². The number of methoxy groups -OCH3 is 1. The number of ether oxygens (including phenoxy) is 1. The van der Waals surface area contributed by atoms with Gasteiger partial charge in [-0.05, 0) is 49.3 Å². The minimum atomic E-state index is 0.288. The zero-order chi connectivity index (χ0) is 15.3. The first-order valence-electron chi connectivity index (χ1n) is 8.32. The van der Waals surface area contributed by atoms with Crippen LogP contribution in [-0.4, -0.2) is 18.6 Å². The molecule has 0 amide bonds. The molecule has 0 spiro atoms. The number of nitrogens with zero attached hydrogens (tertiary/aromatic N) is 1. The highest BCUT2D eigenvalue weighted by Crippen LogP contribution is 2.47. The van der Waals surface area contributed by atoms with Crippen molar-refractivity contribution >= 4 is 0 Å². The van der Waals surface area contributed by atoms with E-state index in [4.69, 9.17) is 4.74 Å². The van der Waals surface area contributed by atoms with Crippen LogP contribution in [0.1, 0.15) is 64.6 Å². The summed E-state index contributed by atoms with van der Waals surface area (Å²) in [7, 11) is 1.74. The van der Waals surface area contributed by atoms with Gasteiger partial charge >= 0.3 is 0 Å². The largest absolute Gasteiger partial charge is 0.495 e. The van der Waals surface area contributed by atoms with Crippen molar-refractivity contribution in [3.05, 3.63) is 24.0 Å². The van der Waals surface area contributed by atoms with Crippen molar-refractivity contribution in [3.63, 3.8) is 0 Å². The molecule has 1 saturated carbocycles. The van der Waals surface area contributed by atoms with Gasteiger partial charge in [-0.2, -0.15) is 0 Å². The van der Waals surface area contributed by atoms with Gasteiger partial charge in [-0.1, -0.05) is 33.6 Å². The molecule has 0 radical (unpaired) electrons. The Balaban J connectivity index is 2.33. The van der Waals surface area contributed by atoms with E-state index in [0.29, 0.717) is 11.3 Å². The molecule has 2 rings (SSSR count). The van der Waals surface area contributed by atoms with Gasteiger partial charge in [0.05, 0.1) is 18.8 Å². The first-order valence-corrected chi connectivity index (χ1v) is 8.32. The van der Waals surface area contributed by atoms with Gasteiger partial charge in [0.15, 0.2) is 0 Å². The van der Waals surface area contributed by atoms with Crippen molar-refractivity contribution in [2.75, 3.05) is 13.7 Å². The molecule has 3 nitrogen and oxygen atoms in total.